The lowest BCUT2D eigenvalue weighted by Crippen LogP contribution is -2.09. The van der Waals surface area contributed by atoms with Gasteiger partial charge in [-0.25, -0.2) is 0 Å². The van der Waals surface area contributed by atoms with Crippen molar-refractivity contribution >= 4 is 103 Å². The molecule has 3 heterocycles. The van der Waals surface area contributed by atoms with Gasteiger partial charge in [0.25, 0.3) is 0 Å². The van der Waals surface area contributed by atoms with E-state index in [-0.39, 0.29) is 0 Å². The standard InChI is InChI=1S/C54H31N5S/c55-32-35-30-49(59-45-21-11-9-19-41(45)42-25-28-51-53(54(42)59)43-20-10-12-22-50(43)60-51)36(33-56)29-48(35)58-46-27-24-39(57(37-14-3-1-4-15-37)38-16-5-2-6-17-38)31-44(46)52-40-18-8-7-13-34(40)23-26-47(52)58/h1-31H. The van der Waals surface area contributed by atoms with Crippen LogP contribution in [0.15, 0.2) is 188 Å². The molecule has 0 radical (unpaired) electrons. The van der Waals surface area contributed by atoms with Crippen molar-refractivity contribution in [1.82, 2.24) is 9.13 Å². The van der Waals surface area contributed by atoms with Gasteiger partial charge in [-0.2, -0.15) is 10.5 Å². The number of benzene rings is 9. The first-order valence-corrected chi connectivity index (χ1v) is 20.7. The maximum atomic E-state index is 11.1. The summed E-state index contributed by atoms with van der Waals surface area (Å²) in [6.07, 6.45) is 0. The van der Waals surface area contributed by atoms with E-state index in [1.165, 1.54) is 14.8 Å². The molecular weight excluding hydrogens is 751 g/mol. The second kappa shape index (κ2) is 13.2. The van der Waals surface area contributed by atoms with E-state index in [2.05, 4.69) is 184 Å². The minimum atomic E-state index is 0.475. The molecule has 0 amide bonds. The molecule has 0 atom stereocenters. The molecule has 0 fully saturated rings. The minimum absolute atomic E-state index is 0.475. The van der Waals surface area contributed by atoms with Crippen molar-refractivity contribution in [2.24, 2.45) is 0 Å². The summed E-state index contributed by atoms with van der Waals surface area (Å²) in [5, 5.41) is 31.2. The molecule has 12 aromatic rings. The van der Waals surface area contributed by atoms with E-state index >= 15 is 0 Å². The van der Waals surface area contributed by atoms with Gasteiger partial charge in [0, 0.05) is 58.8 Å². The molecule has 0 aliphatic rings. The molecule has 0 N–H and O–H groups in total. The van der Waals surface area contributed by atoms with Crippen LogP contribution in [0, 0.1) is 22.7 Å². The topological polar surface area (TPSA) is 60.7 Å². The number of nitriles is 2. The summed E-state index contributed by atoms with van der Waals surface area (Å²) in [5.41, 5.74) is 9.35. The number of hydrogen-bond acceptors (Lipinski definition) is 4. The SMILES string of the molecule is N#Cc1cc(-n2c3ccccc3c3ccc4sc5ccccc5c4c32)c(C#N)cc1-n1c2ccc(N(c3ccccc3)c3ccccc3)cc2c2c3ccccc3ccc21. The van der Waals surface area contributed by atoms with Gasteiger partial charge >= 0.3 is 0 Å². The highest BCUT2D eigenvalue weighted by Crippen LogP contribution is 2.45. The van der Waals surface area contributed by atoms with Gasteiger partial charge in [0.2, 0.25) is 0 Å². The van der Waals surface area contributed by atoms with Crippen molar-refractivity contribution in [2.45, 2.75) is 0 Å². The van der Waals surface area contributed by atoms with E-state index in [9.17, 15) is 10.5 Å². The third kappa shape index (κ3) is 4.90. The van der Waals surface area contributed by atoms with Crippen molar-refractivity contribution < 1.29 is 0 Å². The van der Waals surface area contributed by atoms with Gasteiger partial charge in [-0.15, -0.1) is 11.3 Å². The minimum Gasteiger partial charge on any atom is -0.310 e. The van der Waals surface area contributed by atoms with Crippen LogP contribution in [-0.2, 0) is 0 Å². The maximum Gasteiger partial charge on any atom is 0.101 e. The summed E-state index contributed by atoms with van der Waals surface area (Å²) < 4.78 is 6.78. The van der Waals surface area contributed by atoms with Gasteiger partial charge in [-0.3, -0.25) is 0 Å². The molecule has 0 spiro atoms. The van der Waals surface area contributed by atoms with Crippen molar-refractivity contribution in [1.29, 1.82) is 10.5 Å². The number of aromatic nitrogens is 2. The first kappa shape index (κ1) is 33.9. The van der Waals surface area contributed by atoms with Crippen molar-refractivity contribution in [2.75, 3.05) is 4.90 Å². The molecule has 0 saturated carbocycles. The predicted molar refractivity (Wildman–Crippen MR) is 250 cm³/mol. The zero-order valence-electron chi connectivity index (χ0n) is 32.0. The number of thiophene rings is 1. The molecular formula is C54H31N5S. The lowest BCUT2D eigenvalue weighted by molar-refractivity contribution is 1.13. The Morgan fingerprint density at radius 2 is 1.00 bits per heavy atom. The molecule has 0 bridgehead atoms. The molecule has 9 aromatic carbocycles. The first-order chi connectivity index (χ1) is 29.7. The molecule has 0 unspecified atom stereocenters. The number of nitrogens with zero attached hydrogens (tertiary/aromatic N) is 5. The molecule has 6 heteroatoms. The summed E-state index contributed by atoms with van der Waals surface area (Å²) in [6.45, 7) is 0. The van der Waals surface area contributed by atoms with E-state index in [0.717, 1.165) is 76.8 Å². The smallest absolute Gasteiger partial charge is 0.101 e. The fourth-order valence-corrected chi connectivity index (χ4v) is 10.5. The van der Waals surface area contributed by atoms with E-state index in [0.29, 0.717) is 22.5 Å². The predicted octanol–water partition coefficient (Wildman–Crippen LogP) is 14.6. The lowest BCUT2D eigenvalue weighted by atomic mass is 10.0. The average molecular weight is 782 g/mol. The largest absolute Gasteiger partial charge is 0.310 e. The third-order valence-electron chi connectivity index (χ3n) is 11.9. The van der Waals surface area contributed by atoms with Crippen LogP contribution in [0.4, 0.5) is 17.1 Å². The molecule has 3 aromatic heterocycles. The fourth-order valence-electron chi connectivity index (χ4n) is 9.42. The summed E-state index contributed by atoms with van der Waals surface area (Å²) in [6, 6.07) is 70.5. The summed E-state index contributed by atoms with van der Waals surface area (Å²) >= 11 is 1.77. The molecule has 0 aliphatic carbocycles. The normalized spacial score (nSPS) is 11.6. The van der Waals surface area contributed by atoms with Crippen LogP contribution in [-0.4, -0.2) is 9.13 Å². The number of para-hydroxylation sites is 3. The highest BCUT2D eigenvalue weighted by Gasteiger charge is 2.24. The zero-order valence-corrected chi connectivity index (χ0v) is 32.9. The average Bonchev–Trinajstić information content (AvgIpc) is 3.97. The Labute approximate surface area is 348 Å². The van der Waals surface area contributed by atoms with Crippen LogP contribution in [0.25, 0.3) is 85.9 Å². The highest BCUT2D eigenvalue weighted by atomic mass is 32.1. The Kier molecular flexibility index (Phi) is 7.46. The van der Waals surface area contributed by atoms with E-state index in [4.69, 9.17) is 0 Å². The molecule has 0 aliphatic heterocycles. The van der Waals surface area contributed by atoms with Crippen LogP contribution >= 0.6 is 11.3 Å². The van der Waals surface area contributed by atoms with Crippen molar-refractivity contribution in [3.63, 3.8) is 0 Å². The Morgan fingerprint density at radius 3 is 1.73 bits per heavy atom. The van der Waals surface area contributed by atoms with Gasteiger partial charge in [0.05, 0.1) is 44.6 Å². The van der Waals surface area contributed by atoms with E-state index in [1.807, 2.05) is 30.3 Å². The summed E-state index contributed by atoms with van der Waals surface area (Å²) in [7, 11) is 0. The van der Waals surface area contributed by atoms with Crippen molar-refractivity contribution in [3.8, 4) is 23.5 Å². The lowest BCUT2D eigenvalue weighted by Gasteiger charge is -2.25. The second-order valence-corrected chi connectivity index (χ2v) is 16.2. The Hall–Kier alpha value is -8.16. The van der Waals surface area contributed by atoms with Gasteiger partial charge in [0.1, 0.15) is 12.1 Å². The maximum absolute atomic E-state index is 11.1. The van der Waals surface area contributed by atoms with E-state index in [1.54, 1.807) is 11.3 Å². The van der Waals surface area contributed by atoms with Crippen LogP contribution in [0.5, 0.6) is 0 Å². The first-order valence-electron chi connectivity index (χ1n) is 19.9. The second-order valence-electron chi connectivity index (χ2n) is 15.1. The quantitative estimate of drug-likeness (QED) is 0.175. The number of hydrogen-bond donors (Lipinski definition) is 0. The van der Waals surface area contributed by atoms with Gasteiger partial charge in [-0.1, -0.05) is 109 Å². The van der Waals surface area contributed by atoms with Crippen LogP contribution in [0.2, 0.25) is 0 Å². The molecule has 12 rings (SSSR count). The van der Waals surface area contributed by atoms with Gasteiger partial charge in [-0.05, 0) is 89.6 Å². The Balaban J connectivity index is 1.15. The highest BCUT2D eigenvalue weighted by molar-refractivity contribution is 7.26. The molecule has 0 saturated heterocycles. The number of anilines is 3. The Morgan fingerprint density at radius 1 is 0.400 bits per heavy atom. The summed E-state index contributed by atoms with van der Waals surface area (Å²) in [5.74, 6) is 0. The zero-order chi connectivity index (χ0) is 39.9. The van der Waals surface area contributed by atoms with Crippen molar-refractivity contribution in [3.05, 3.63) is 199 Å². The molecule has 60 heavy (non-hydrogen) atoms. The van der Waals surface area contributed by atoms with Gasteiger partial charge < -0.3 is 14.0 Å². The number of fused-ring (bicyclic) bond motifs is 12. The summed E-state index contributed by atoms with van der Waals surface area (Å²) in [4.78, 5) is 2.27. The van der Waals surface area contributed by atoms with Crippen LogP contribution in [0.3, 0.4) is 0 Å². The number of rotatable bonds is 5. The molecule has 278 valence electrons. The Bertz CT molecular complexity index is 3760. The van der Waals surface area contributed by atoms with E-state index < -0.39 is 0 Å². The monoisotopic (exact) mass is 781 g/mol. The van der Waals surface area contributed by atoms with Gasteiger partial charge in [0.15, 0.2) is 0 Å². The van der Waals surface area contributed by atoms with Crippen LogP contribution < -0.4 is 4.90 Å². The molecule has 5 nitrogen and oxygen atoms in total. The third-order valence-corrected chi connectivity index (χ3v) is 13.1. The fraction of sp³-hybridized carbons (Fsp3) is 0. The van der Waals surface area contributed by atoms with Crippen LogP contribution in [0.1, 0.15) is 11.1 Å².